The molecule has 0 bridgehead atoms. The standard InChI is InChI=1S/C27H28N2O3/c1-18-8-4-5-9-21(18)27(31)26-22-12-10-19(29-15-7-3-2-6-14-28)16-24(22)32-25-17-20(30)11-13-23(25)26/h4-5,8-13,16-17,29H,2-3,6-7,14-15,28H2,1H3. The number of aryl methyl sites for hydroxylation is 1. The molecule has 0 unspecified atom stereocenters. The van der Waals surface area contributed by atoms with Gasteiger partial charge < -0.3 is 15.5 Å². The van der Waals surface area contributed by atoms with Gasteiger partial charge in [-0.15, -0.1) is 0 Å². The van der Waals surface area contributed by atoms with Crippen molar-refractivity contribution in [3.8, 4) is 11.3 Å². The minimum absolute atomic E-state index is 0.0758. The summed E-state index contributed by atoms with van der Waals surface area (Å²) in [5.41, 5.74) is 9.65. The van der Waals surface area contributed by atoms with Crippen molar-refractivity contribution in [3.05, 3.63) is 87.6 Å². The van der Waals surface area contributed by atoms with Crippen LogP contribution in [0, 0.1) is 6.92 Å². The maximum Gasteiger partial charge on any atom is 0.194 e. The van der Waals surface area contributed by atoms with Gasteiger partial charge in [-0.3, -0.25) is 9.59 Å². The van der Waals surface area contributed by atoms with Crippen LogP contribution in [0.1, 0.15) is 47.2 Å². The third kappa shape index (κ3) is 4.58. The monoisotopic (exact) mass is 428 g/mol. The molecule has 0 atom stereocenters. The van der Waals surface area contributed by atoms with Crippen LogP contribution in [-0.4, -0.2) is 18.9 Å². The zero-order chi connectivity index (χ0) is 22.5. The van der Waals surface area contributed by atoms with Crippen LogP contribution in [-0.2, 0) is 0 Å². The number of benzene rings is 3. The number of carbonyl (C=O) groups excluding carboxylic acids is 1. The minimum Gasteiger partial charge on any atom is -0.456 e. The summed E-state index contributed by atoms with van der Waals surface area (Å²) < 4.78 is 6.08. The molecular weight excluding hydrogens is 400 g/mol. The van der Waals surface area contributed by atoms with Crippen molar-refractivity contribution in [1.82, 2.24) is 0 Å². The molecular formula is C27H28N2O3. The topological polar surface area (TPSA) is 85.3 Å². The summed E-state index contributed by atoms with van der Waals surface area (Å²) in [6.07, 6.45) is 4.39. The first-order chi connectivity index (χ1) is 15.6. The van der Waals surface area contributed by atoms with Gasteiger partial charge in [0.1, 0.15) is 11.3 Å². The predicted molar refractivity (Wildman–Crippen MR) is 130 cm³/mol. The second kappa shape index (κ2) is 9.79. The van der Waals surface area contributed by atoms with Gasteiger partial charge in [-0.1, -0.05) is 37.1 Å². The quantitative estimate of drug-likeness (QED) is 0.213. The van der Waals surface area contributed by atoms with Crippen molar-refractivity contribution in [2.45, 2.75) is 32.6 Å². The number of carbonyl (C=O) groups is 1. The average Bonchev–Trinajstić information content (AvgIpc) is 2.79. The molecule has 0 fully saturated rings. The van der Waals surface area contributed by atoms with Crippen LogP contribution in [0.25, 0.3) is 22.3 Å². The SMILES string of the molecule is Cc1ccccc1C(=O)c1c2ccc(=O)cc-2oc2cc(NCCCCCCN)ccc12. The summed E-state index contributed by atoms with van der Waals surface area (Å²) >= 11 is 0. The van der Waals surface area contributed by atoms with E-state index in [2.05, 4.69) is 5.32 Å². The molecule has 0 saturated heterocycles. The molecule has 1 aliphatic heterocycles. The average molecular weight is 429 g/mol. The number of hydrogen-bond donors (Lipinski definition) is 2. The van der Waals surface area contributed by atoms with E-state index in [0.717, 1.165) is 55.4 Å². The summed E-state index contributed by atoms with van der Waals surface area (Å²) in [5, 5.41) is 4.16. The number of unbranched alkanes of at least 4 members (excludes halogenated alkanes) is 3. The molecule has 4 rings (SSSR count). The van der Waals surface area contributed by atoms with Crippen LogP contribution >= 0.6 is 0 Å². The highest BCUT2D eigenvalue weighted by molar-refractivity contribution is 6.20. The van der Waals surface area contributed by atoms with Crippen LogP contribution in [0.5, 0.6) is 0 Å². The van der Waals surface area contributed by atoms with Gasteiger partial charge in [0.2, 0.25) is 0 Å². The van der Waals surface area contributed by atoms with Crippen molar-refractivity contribution in [1.29, 1.82) is 0 Å². The van der Waals surface area contributed by atoms with Crippen LogP contribution in [0.3, 0.4) is 0 Å². The molecule has 0 spiro atoms. The van der Waals surface area contributed by atoms with Gasteiger partial charge in [0.05, 0.1) is 0 Å². The number of nitrogens with one attached hydrogen (secondary N) is 1. The Morgan fingerprint density at radius 1 is 0.969 bits per heavy atom. The maximum atomic E-state index is 13.6. The van der Waals surface area contributed by atoms with Crippen molar-refractivity contribution in [2.75, 3.05) is 18.4 Å². The molecule has 5 nitrogen and oxygen atoms in total. The maximum absolute atomic E-state index is 13.6. The van der Waals surface area contributed by atoms with Gasteiger partial charge >= 0.3 is 0 Å². The number of hydrogen-bond acceptors (Lipinski definition) is 5. The van der Waals surface area contributed by atoms with Crippen molar-refractivity contribution < 1.29 is 9.21 Å². The Kier molecular flexibility index (Phi) is 6.66. The molecule has 2 aliphatic rings. The van der Waals surface area contributed by atoms with Crippen LogP contribution in [0.4, 0.5) is 5.69 Å². The molecule has 0 amide bonds. The third-order valence-electron chi connectivity index (χ3n) is 5.77. The van der Waals surface area contributed by atoms with E-state index < -0.39 is 0 Å². The number of ketones is 1. The normalized spacial score (nSPS) is 11.2. The Hall–Kier alpha value is -3.44. The Morgan fingerprint density at radius 2 is 1.78 bits per heavy atom. The highest BCUT2D eigenvalue weighted by Crippen LogP contribution is 2.35. The minimum atomic E-state index is -0.151. The van der Waals surface area contributed by atoms with Crippen molar-refractivity contribution in [2.24, 2.45) is 5.73 Å². The highest BCUT2D eigenvalue weighted by Gasteiger charge is 2.23. The molecule has 0 aromatic heterocycles. The summed E-state index contributed by atoms with van der Waals surface area (Å²) in [4.78, 5) is 25.6. The van der Waals surface area contributed by atoms with E-state index in [1.54, 1.807) is 6.07 Å². The first kappa shape index (κ1) is 21.8. The smallest absolute Gasteiger partial charge is 0.194 e. The highest BCUT2D eigenvalue weighted by atomic mass is 16.3. The molecule has 5 heteroatoms. The summed E-state index contributed by atoms with van der Waals surface area (Å²) in [6.45, 7) is 3.52. The predicted octanol–water partition coefficient (Wildman–Crippen LogP) is 5.37. The zero-order valence-electron chi connectivity index (χ0n) is 18.3. The second-order valence-electron chi connectivity index (χ2n) is 8.12. The van der Waals surface area contributed by atoms with Crippen LogP contribution in [0.15, 0.2) is 69.9 Å². The molecule has 164 valence electrons. The number of nitrogens with two attached hydrogens (primary N) is 1. The first-order valence-electron chi connectivity index (χ1n) is 11.1. The van der Waals surface area contributed by atoms with E-state index in [4.69, 9.17) is 10.2 Å². The lowest BCUT2D eigenvalue weighted by molar-refractivity contribution is 0.104. The largest absolute Gasteiger partial charge is 0.456 e. The molecule has 0 radical (unpaired) electrons. The van der Waals surface area contributed by atoms with Gasteiger partial charge in [0.25, 0.3) is 0 Å². The number of rotatable bonds is 9. The molecule has 2 aromatic rings. The fraction of sp³-hybridized carbons (Fsp3) is 0.259. The summed E-state index contributed by atoms with van der Waals surface area (Å²) in [6, 6.07) is 17.9. The fourth-order valence-corrected chi connectivity index (χ4v) is 4.04. The van der Waals surface area contributed by atoms with Crippen molar-refractivity contribution >= 4 is 22.4 Å². The Bertz CT molecular complexity index is 1280. The van der Waals surface area contributed by atoms with Gasteiger partial charge in [0.15, 0.2) is 11.2 Å². The van der Waals surface area contributed by atoms with Gasteiger partial charge in [0, 0.05) is 46.4 Å². The molecule has 3 N–H and O–H groups in total. The van der Waals surface area contributed by atoms with E-state index in [9.17, 15) is 9.59 Å². The van der Waals surface area contributed by atoms with E-state index >= 15 is 0 Å². The van der Waals surface area contributed by atoms with Gasteiger partial charge in [-0.2, -0.15) is 0 Å². The van der Waals surface area contributed by atoms with Crippen molar-refractivity contribution in [3.63, 3.8) is 0 Å². The molecule has 2 aromatic carbocycles. The molecule has 0 saturated carbocycles. The molecule has 1 heterocycles. The number of anilines is 1. The van der Waals surface area contributed by atoms with E-state index in [1.165, 1.54) is 12.1 Å². The van der Waals surface area contributed by atoms with Crippen LogP contribution < -0.4 is 16.5 Å². The molecule has 32 heavy (non-hydrogen) atoms. The van der Waals surface area contributed by atoms with Gasteiger partial charge in [-0.25, -0.2) is 0 Å². The van der Waals surface area contributed by atoms with Crippen LogP contribution in [0.2, 0.25) is 0 Å². The fourth-order valence-electron chi connectivity index (χ4n) is 4.04. The first-order valence-corrected chi connectivity index (χ1v) is 11.1. The molecule has 1 aliphatic carbocycles. The third-order valence-corrected chi connectivity index (χ3v) is 5.77. The summed E-state index contributed by atoms with van der Waals surface area (Å²) in [5.74, 6) is 0.342. The zero-order valence-corrected chi connectivity index (χ0v) is 18.3. The van der Waals surface area contributed by atoms with E-state index in [0.29, 0.717) is 28.0 Å². The number of fused-ring (bicyclic) bond motifs is 2. The van der Waals surface area contributed by atoms with Gasteiger partial charge in [-0.05, 0) is 56.1 Å². The Morgan fingerprint density at radius 3 is 2.59 bits per heavy atom. The lowest BCUT2D eigenvalue weighted by Crippen LogP contribution is -2.09. The lowest BCUT2D eigenvalue weighted by atomic mass is 9.91. The van der Waals surface area contributed by atoms with E-state index in [1.807, 2.05) is 49.4 Å². The lowest BCUT2D eigenvalue weighted by Gasteiger charge is -2.16. The second-order valence-corrected chi connectivity index (χ2v) is 8.12. The Balaban J connectivity index is 1.74. The Labute approximate surface area is 187 Å². The van der Waals surface area contributed by atoms with E-state index in [-0.39, 0.29) is 11.2 Å². The summed E-state index contributed by atoms with van der Waals surface area (Å²) in [7, 11) is 0.